The topological polar surface area (TPSA) is 25.8 Å². The minimum absolute atomic E-state index is 0. The fourth-order valence-electron chi connectivity index (χ4n) is 3.11. The van der Waals surface area contributed by atoms with Gasteiger partial charge in [0.2, 0.25) is 0 Å². The summed E-state index contributed by atoms with van der Waals surface area (Å²) >= 11 is 6.07. The number of pyridine rings is 2. The van der Waals surface area contributed by atoms with Crippen LogP contribution in [0.1, 0.15) is 22.5 Å². The number of hydrogen-bond donors (Lipinski definition) is 0. The Morgan fingerprint density at radius 2 is 1.00 bits per heavy atom. The van der Waals surface area contributed by atoms with Gasteiger partial charge >= 0.3 is 171 Å². The van der Waals surface area contributed by atoms with Crippen molar-refractivity contribution in [1.82, 2.24) is 9.97 Å². The van der Waals surface area contributed by atoms with Crippen LogP contribution in [0.2, 0.25) is 0 Å². The molecule has 0 aliphatic rings. The largest absolute Gasteiger partial charge is 0 e. The minimum Gasteiger partial charge on any atom is 0 e. The number of para-hydroxylation sites is 2. The Balaban J connectivity index is 0.000000187. The zero-order chi connectivity index (χ0) is 18.8. The van der Waals surface area contributed by atoms with Crippen LogP contribution in [0, 0.1) is 27.7 Å². The molecule has 2 aromatic carbocycles. The van der Waals surface area contributed by atoms with Crippen molar-refractivity contribution in [3.63, 3.8) is 0 Å². The maximum absolute atomic E-state index is 4.50. The van der Waals surface area contributed by atoms with Gasteiger partial charge < -0.3 is 0 Å². The molecule has 2 aromatic heterocycles. The number of fused-ring (bicyclic) bond motifs is 2. The Labute approximate surface area is 197 Å². The van der Waals surface area contributed by atoms with Crippen molar-refractivity contribution in [2.24, 2.45) is 0 Å². The third-order valence-electron chi connectivity index (χ3n) is 4.27. The van der Waals surface area contributed by atoms with Gasteiger partial charge in [0.25, 0.3) is 0 Å². The molecule has 2 radical (unpaired) electrons. The van der Waals surface area contributed by atoms with E-state index in [1.165, 1.54) is 21.9 Å². The summed E-state index contributed by atoms with van der Waals surface area (Å²) in [6, 6.07) is 16.7. The van der Waals surface area contributed by atoms with E-state index in [0.29, 0.717) is 0 Å². The Morgan fingerprint density at radius 3 is 1.37 bits per heavy atom. The monoisotopic (exact) mass is 586 g/mol. The first kappa shape index (κ1) is 22.5. The van der Waals surface area contributed by atoms with E-state index in [9.17, 15) is 0 Å². The standard InChI is InChI=1S/2C11H10NSe.Cd/c2*1-7-6-8(2)12-11-9(7)4-3-5-10(11)13;/h2*3-6H,1-2H3;. The number of rotatable bonds is 0. The van der Waals surface area contributed by atoms with Crippen molar-refractivity contribution >= 4 is 62.8 Å². The molecule has 0 aliphatic carbocycles. The Morgan fingerprint density at radius 1 is 0.630 bits per heavy atom. The van der Waals surface area contributed by atoms with Gasteiger partial charge in [-0.25, -0.2) is 0 Å². The predicted molar refractivity (Wildman–Crippen MR) is 113 cm³/mol. The number of hydrogen-bond acceptors (Lipinski definition) is 2. The predicted octanol–water partition coefficient (Wildman–Crippen LogP) is 3.29. The number of benzene rings is 2. The minimum atomic E-state index is 0. The van der Waals surface area contributed by atoms with Crippen molar-refractivity contribution in [3.8, 4) is 0 Å². The summed E-state index contributed by atoms with van der Waals surface area (Å²) in [6.45, 7) is 8.30. The molecule has 0 aliphatic heterocycles. The molecule has 132 valence electrons. The van der Waals surface area contributed by atoms with Gasteiger partial charge in [0.1, 0.15) is 0 Å². The van der Waals surface area contributed by atoms with E-state index in [2.05, 4.69) is 92.2 Å². The Kier molecular flexibility index (Phi) is 8.02. The van der Waals surface area contributed by atoms with E-state index in [4.69, 9.17) is 0 Å². The quantitative estimate of drug-likeness (QED) is 0.298. The zero-order valence-electron chi connectivity index (χ0n) is 16.0. The molecular formula is C22H20CdN2Se2. The SMILES string of the molecule is Cc1cc(C)c2cccc([Se])c2n1.Cc1cc(C)c2cccc([Se])c2n1.[Cd]. The van der Waals surface area contributed by atoms with Crippen LogP contribution in [0.5, 0.6) is 0 Å². The summed E-state index contributed by atoms with van der Waals surface area (Å²) in [5.74, 6) is 0. The average Bonchev–Trinajstić information content (AvgIpc) is 2.57. The maximum Gasteiger partial charge on any atom is 0 e. The maximum atomic E-state index is 4.50. The van der Waals surface area contributed by atoms with E-state index < -0.39 is 0 Å². The second-order valence-corrected chi connectivity index (χ2v) is 8.31. The summed E-state index contributed by atoms with van der Waals surface area (Å²) in [5.41, 5.74) is 6.90. The first-order chi connectivity index (χ1) is 12.4. The van der Waals surface area contributed by atoms with E-state index in [1.807, 2.05) is 26.0 Å². The van der Waals surface area contributed by atoms with Gasteiger partial charge in [-0.15, -0.1) is 0 Å². The van der Waals surface area contributed by atoms with E-state index in [1.54, 1.807) is 0 Å². The fraction of sp³-hybridized carbons (Fsp3) is 0.182. The van der Waals surface area contributed by atoms with Crippen LogP contribution in [0.4, 0.5) is 0 Å². The van der Waals surface area contributed by atoms with Gasteiger partial charge in [0.05, 0.1) is 0 Å². The molecule has 0 bridgehead atoms. The van der Waals surface area contributed by atoms with Crippen LogP contribution in [-0.2, 0) is 27.3 Å². The first-order valence-corrected chi connectivity index (χ1v) is 10.2. The number of aryl methyl sites for hydroxylation is 4. The van der Waals surface area contributed by atoms with Crippen molar-refractivity contribution in [1.29, 1.82) is 0 Å². The van der Waals surface area contributed by atoms with Crippen LogP contribution < -0.4 is 8.92 Å². The Bertz CT molecular complexity index is 1020. The molecule has 0 saturated heterocycles. The third-order valence-corrected chi connectivity index (χ3v) is 5.66. The molecule has 0 fully saturated rings. The van der Waals surface area contributed by atoms with Crippen molar-refractivity contribution in [3.05, 3.63) is 71.0 Å². The van der Waals surface area contributed by atoms with Crippen molar-refractivity contribution in [2.45, 2.75) is 27.7 Å². The molecule has 0 unspecified atom stereocenters. The van der Waals surface area contributed by atoms with E-state index in [0.717, 1.165) is 31.3 Å². The summed E-state index contributed by atoms with van der Waals surface area (Å²) in [6.07, 6.45) is 0. The van der Waals surface area contributed by atoms with Gasteiger partial charge in [0.15, 0.2) is 0 Å². The zero-order valence-corrected chi connectivity index (χ0v) is 23.5. The van der Waals surface area contributed by atoms with Gasteiger partial charge in [-0.1, -0.05) is 0 Å². The normalized spacial score (nSPS) is 10.2. The van der Waals surface area contributed by atoms with E-state index in [-0.39, 0.29) is 27.3 Å². The van der Waals surface area contributed by atoms with Crippen LogP contribution in [-0.4, -0.2) is 42.0 Å². The number of aromatic nitrogens is 2. The Hall–Kier alpha value is -0.779. The number of nitrogens with zero attached hydrogens (tertiary/aromatic N) is 2. The molecule has 4 aromatic rings. The van der Waals surface area contributed by atoms with Crippen LogP contribution in [0.15, 0.2) is 48.5 Å². The van der Waals surface area contributed by atoms with Gasteiger partial charge in [-0.05, 0) is 0 Å². The van der Waals surface area contributed by atoms with Crippen LogP contribution >= 0.6 is 0 Å². The van der Waals surface area contributed by atoms with Crippen molar-refractivity contribution < 1.29 is 27.3 Å². The molecule has 27 heavy (non-hydrogen) atoms. The molecule has 2 nitrogen and oxygen atoms in total. The average molecular weight is 583 g/mol. The van der Waals surface area contributed by atoms with Gasteiger partial charge in [-0.3, -0.25) is 0 Å². The van der Waals surface area contributed by atoms with E-state index >= 15 is 0 Å². The molecule has 0 spiro atoms. The third kappa shape index (κ3) is 5.18. The summed E-state index contributed by atoms with van der Waals surface area (Å²) in [7, 11) is 0. The summed E-state index contributed by atoms with van der Waals surface area (Å²) in [5, 5.41) is 2.48. The molecule has 4 rings (SSSR count). The van der Waals surface area contributed by atoms with Gasteiger partial charge in [0, 0.05) is 27.3 Å². The first-order valence-electron chi connectivity index (χ1n) is 8.45. The molecular weight excluding hydrogens is 563 g/mol. The molecule has 2 heterocycles. The molecule has 0 saturated carbocycles. The van der Waals surface area contributed by atoms with Crippen LogP contribution in [0.25, 0.3) is 21.8 Å². The smallest absolute Gasteiger partial charge is 0 e. The molecule has 0 amide bonds. The fourth-order valence-corrected chi connectivity index (χ4v) is 4.09. The molecule has 5 heteroatoms. The summed E-state index contributed by atoms with van der Waals surface area (Å²) in [4.78, 5) is 9.01. The van der Waals surface area contributed by atoms with Gasteiger partial charge in [-0.2, -0.15) is 0 Å². The molecule has 0 atom stereocenters. The second-order valence-electron chi connectivity index (χ2n) is 6.47. The summed E-state index contributed by atoms with van der Waals surface area (Å²) < 4.78 is 2.26. The second kappa shape index (κ2) is 9.62. The van der Waals surface area contributed by atoms with Crippen molar-refractivity contribution in [2.75, 3.05) is 0 Å². The van der Waals surface area contributed by atoms with Crippen LogP contribution in [0.3, 0.4) is 0 Å². The molecule has 0 N–H and O–H groups in total.